The van der Waals surface area contributed by atoms with E-state index < -0.39 is 17.5 Å². The van der Waals surface area contributed by atoms with E-state index in [2.05, 4.69) is 0 Å². The van der Waals surface area contributed by atoms with Gasteiger partial charge in [-0.2, -0.15) is 0 Å². The number of phenolic OH excluding ortho intramolecular Hbond substituents is 2. The maximum Gasteiger partial charge on any atom is 0.200 e. The van der Waals surface area contributed by atoms with Gasteiger partial charge in [-0.25, -0.2) is 4.39 Å². The number of hydrogen-bond acceptors (Lipinski definition) is 5. The average molecular weight is 344 g/mol. The summed E-state index contributed by atoms with van der Waals surface area (Å²) >= 11 is 0. The normalized spacial score (nSPS) is 17.7. The molecule has 1 aliphatic rings. The van der Waals surface area contributed by atoms with Crippen LogP contribution in [0.5, 0.6) is 23.0 Å². The number of aromatic hydroxyl groups is 2. The number of halogens is 1. The first kappa shape index (κ1) is 16.8. The Labute approximate surface area is 143 Å². The van der Waals surface area contributed by atoms with Gasteiger partial charge in [0.2, 0.25) is 5.75 Å². The number of carbonyl (C=O) groups is 1. The lowest BCUT2D eigenvalue weighted by Gasteiger charge is -2.11. The zero-order valence-corrected chi connectivity index (χ0v) is 14.0. The molecule has 2 N–H and O–H groups in total. The fourth-order valence-electron chi connectivity index (χ4n) is 3.11. The molecule has 2 aromatic rings. The highest BCUT2D eigenvalue weighted by molar-refractivity contribution is 6.18. The highest BCUT2D eigenvalue weighted by atomic mass is 19.1. The minimum Gasteiger partial charge on any atom is -0.507 e. The van der Waals surface area contributed by atoms with E-state index in [1.807, 2.05) is 0 Å². The van der Waals surface area contributed by atoms with Gasteiger partial charge in [0.05, 0.1) is 19.8 Å². The van der Waals surface area contributed by atoms with Gasteiger partial charge in [-0.05, 0) is 35.9 Å². The van der Waals surface area contributed by atoms with E-state index in [9.17, 15) is 19.4 Å². The summed E-state index contributed by atoms with van der Waals surface area (Å²) in [7, 11) is 2.80. The van der Waals surface area contributed by atoms with Crippen LogP contribution < -0.4 is 9.47 Å². The van der Waals surface area contributed by atoms with Crippen molar-refractivity contribution in [2.24, 2.45) is 0 Å². The standard InChI is InChI=1S/C19H17FO5/c1-9-11(18(22)17-13(21)5-4-12(20)16(9)17)6-10-7-14(24-2)19(23)15(8-10)25-3/h4-9,21,23H,1-3H3. The van der Waals surface area contributed by atoms with Gasteiger partial charge in [-0.1, -0.05) is 6.92 Å². The molecule has 1 unspecified atom stereocenters. The van der Waals surface area contributed by atoms with Crippen molar-refractivity contribution in [3.63, 3.8) is 0 Å². The van der Waals surface area contributed by atoms with Crippen LogP contribution >= 0.6 is 0 Å². The summed E-state index contributed by atoms with van der Waals surface area (Å²) in [5, 5.41) is 19.9. The lowest BCUT2D eigenvalue weighted by molar-refractivity contribution is 0.103. The molecular formula is C19H17FO5. The molecule has 0 saturated heterocycles. The summed E-state index contributed by atoms with van der Waals surface area (Å²) < 4.78 is 24.3. The topological polar surface area (TPSA) is 76.0 Å². The molecule has 0 spiro atoms. The Morgan fingerprint density at radius 2 is 1.72 bits per heavy atom. The number of carbonyl (C=O) groups excluding carboxylic acids is 1. The van der Waals surface area contributed by atoms with Crippen LogP contribution in [0.2, 0.25) is 0 Å². The monoisotopic (exact) mass is 344 g/mol. The number of fused-ring (bicyclic) bond motifs is 1. The third-order valence-corrected chi connectivity index (χ3v) is 4.38. The van der Waals surface area contributed by atoms with Crippen molar-refractivity contribution in [1.82, 2.24) is 0 Å². The van der Waals surface area contributed by atoms with Crippen LogP contribution in [0.1, 0.15) is 34.3 Å². The van der Waals surface area contributed by atoms with E-state index in [1.54, 1.807) is 25.1 Å². The maximum absolute atomic E-state index is 14.1. The number of ketones is 1. The summed E-state index contributed by atoms with van der Waals surface area (Å²) in [6, 6.07) is 5.41. The van der Waals surface area contributed by atoms with Crippen molar-refractivity contribution in [3.05, 3.63) is 52.3 Å². The molecule has 130 valence electrons. The smallest absolute Gasteiger partial charge is 0.200 e. The summed E-state index contributed by atoms with van der Waals surface area (Å²) in [5.74, 6) is -1.47. The molecule has 0 aromatic heterocycles. The molecule has 0 bridgehead atoms. The average Bonchev–Trinajstić information content (AvgIpc) is 2.85. The van der Waals surface area contributed by atoms with Gasteiger partial charge in [-0.3, -0.25) is 4.79 Å². The first-order chi connectivity index (χ1) is 11.9. The predicted molar refractivity (Wildman–Crippen MR) is 90.0 cm³/mol. The predicted octanol–water partition coefficient (Wildman–Crippen LogP) is 3.64. The quantitative estimate of drug-likeness (QED) is 0.832. The number of rotatable bonds is 3. The Morgan fingerprint density at radius 1 is 1.12 bits per heavy atom. The number of ether oxygens (including phenoxy) is 2. The summed E-state index contributed by atoms with van der Waals surface area (Å²) in [5.41, 5.74) is 1.07. The molecule has 0 amide bonds. The largest absolute Gasteiger partial charge is 0.507 e. The molecule has 0 fully saturated rings. The van der Waals surface area contributed by atoms with Crippen LogP contribution in [-0.4, -0.2) is 30.2 Å². The Hall–Kier alpha value is -3.02. The summed E-state index contributed by atoms with van der Waals surface area (Å²) in [6.07, 6.45) is 1.58. The van der Waals surface area contributed by atoms with Gasteiger partial charge in [0, 0.05) is 17.1 Å². The van der Waals surface area contributed by atoms with Crippen LogP contribution in [0, 0.1) is 5.82 Å². The lowest BCUT2D eigenvalue weighted by Crippen LogP contribution is -1.98. The van der Waals surface area contributed by atoms with E-state index in [-0.39, 0.29) is 34.1 Å². The molecule has 1 aliphatic carbocycles. The van der Waals surface area contributed by atoms with E-state index in [4.69, 9.17) is 9.47 Å². The molecule has 5 nitrogen and oxygen atoms in total. The zero-order chi connectivity index (χ0) is 18.3. The lowest BCUT2D eigenvalue weighted by atomic mass is 9.97. The molecule has 3 rings (SSSR count). The first-order valence-electron chi connectivity index (χ1n) is 7.61. The van der Waals surface area contributed by atoms with Crippen LogP contribution in [0.3, 0.4) is 0 Å². The van der Waals surface area contributed by atoms with E-state index in [0.717, 1.165) is 6.07 Å². The Morgan fingerprint density at radius 3 is 2.24 bits per heavy atom. The van der Waals surface area contributed by atoms with Gasteiger partial charge in [0.25, 0.3) is 0 Å². The third kappa shape index (κ3) is 2.59. The molecule has 2 aromatic carbocycles. The number of hydrogen-bond donors (Lipinski definition) is 2. The third-order valence-electron chi connectivity index (χ3n) is 4.38. The molecule has 0 radical (unpaired) electrons. The van der Waals surface area contributed by atoms with Gasteiger partial charge in [0.1, 0.15) is 11.6 Å². The number of allylic oxidation sites excluding steroid dienone is 1. The molecule has 25 heavy (non-hydrogen) atoms. The highest BCUT2D eigenvalue weighted by Gasteiger charge is 2.36. The second-order valence-electron chi connectivity index (χ2n) is 5.78. The molecular weight excluding hydrogens is 327 g/mol. The van der Waals surface area contributed by atoms with Crippen LogP contribution in [0.15, 0.2) is 29.8 Å². The second kappa shape index (κ2) is 6.12. The molecule has 0 aliphatic heterocycles. The zero-order valence-electron chi connectivity index (χ0n) is 14.0. The van der Waals surface area contributed by atoms with Gasteiger partial charge >= 0.3 is 0 Å². The molecule has 6 heteroatoms. The fraction of sp³-hybridized carbons (Fsp3) is 0.211. The maximum atomic E-state index is 14.1. The van der Waals surface area contributed by atoms with E-state index in [1.165, 1.54) is 20.3 Å². The van der Waals surface area contributed by atoms with Crippen LogP contribution in [-0.2, 0) is 0 Å². The van der Waals surface area contributed by atoms with Gasteiger partial charge < -0.3 is 19.7 Å². The SMILES string of the molecule is COc1cc(C=C2C(=O)c3c(O)ccc(F)c3C2C)cc(OC)c1O. The van der Waals surface area contributed by atoms with Crippen molar-refractivity contribution in [3.8, 4) is 23.0 Å². The number of methoxy groups -OCH3 is 2. The van der Waals surface area contributed by atoms with Crippen LogP contribution in [0.4, 0.5) is 4.39 Å². The van der Waals surface area contributed by atoms with Gasteiger partial charge in [0.15, 0.2) is 17.3 Å². The number of Topliss-reactive ketones (excluding diaryl/α,β-unsaturated/α-hetero) is 1. The summed E-state index contributed by atoms with van der Waals surface area (Å²) in [4.78, 5) is 12.7. The van der Waals surface area contributed by atoms with Crippen molar-refractivity contribution >= 4 is 11.9 Å². The van der Waals surface area contributed by atoms with Crippen LogP contribution in [0.25, 0.3) is 6.08 Å². The number of phenols is 2. The Balaban J connectivity index is 2.14. The Bertz CT molecular complexity index is 876. The van der Waals surface area contributed by atoms with E-state index >= 15 is 0 Å². The molecule has 0 saturated carbocycles. The number of benzene rings is 2. The highest BCUT2D eigenvalue weighted by Crippen LogP contribution is 2.44. The minimum absolute atomic E-state index is 0.00328. The fourth-order valence-corrected chi connectivity index (χ4v) is 3.11. The molecule has 0 heterocycles. The van der Waals surface area contributed by atoms with Crippen molar-refractivity contribution in [1.29, 1.82) is 0 Å². The molecule has 1 atom stereocenters. The van der Waals surface area contributed by atoms with E-state index in [0.29, 0.717) is 11.1 Å². The minimum atomic E-state index is -0.530. The van der Waals surface area contributed by atoms with Crippen molar-refractivity contribution in [2.45, 2.75) is 12.8 Å². The Kier molecular flexibility index (Phi) is 4.12. The van der Waals surface area contributed by atoms with Crippen molar-refractivity contribution in [2.75, 3.05) is 14.2 Å². The second-order valence-corrected chi connectivity index (χ2v) is 5.78. The first-order valence-corrected chi connectivity index (χ1v) is 7.61. The van der Waals surface area contributed by atoms with Gasteiger partial charge in [-0.15, -0.1) is 0 Å². The summed E-state index contributed by atoms with van der Waals surface area (Å²) in [6.45, 7) is 1.70. The van der Waals surface area contributed by atoms with Crippen molar-refractivity contribution < 1.29 is 28.9 Å².